The number of nitrogens with zero attached hydrogens (tertiary/aromatic N) is 3. The molecular weight excluding hydrogens is 262 g/mol. The van der Waals surface area contributed by atoms with Crippen LogP contribution in [0.1, 0.15) is 38.7 Å². The van der Waals surface area contributed by atoms with Crippen molar-refractivity contribution in [2.24, 2.45) is 24.8 Å². The van der Waals surface area contributed by atoms with Gasteiger partial charge in [-0.05, 0) is 30.6 Å². The average molecular weight is 291 g/mol. The van der Waals surface area contributed by atoms with E-state index in [4.69, 9.17) is 4.74 Å². The second-order valence-corrected chi connectivity index (χ2v) is 7.36. The quantitative estimate of drug-likeness (QED) is 0.835. The molecule has 1 saturated carbocycles. The zero-order valence-electron chi connectivity index (χ0n) is 13.7. The van der Waals surface area contributed by atoms with Gasteiger partial charge in [0, 0.05) is 45.0 Å². The normalized spacial score (nSPS) is 30.0. The van der Waals surface area contributed by atoms with Crippen LogP contribution in [0.15, 0.2) is 12.4 Å². The van der Waals surface area contributed by atoms with E-state index in [1.165, 1.54) is 37.9 Å². The lowest BCUT2D eigenvalue weighted by atomic mass is 9.75. The molecule has 2 bridgehead atoms. The molecule has 1 aromatic heterocycles. The lowest BCUT2D eigenvalue weighted by Gasteiger charge is -2.47. The highest BCUT2D eigenvalue weighted by Gasteiger charge is 2.40. The Hall–Kier alpha value is -0.870. The Morgan fingerprint density at radius 3 is 2.57 bits per heavy atom. The van der Waals surface area contributed by atoms with Crippen LogP contribution >= 0.6 is 0 Å². The van der Waals surface area contributed by atoms with Crippen LogP contribution in [0.25, 0.3) is 0 Å². The van der Waals surface area contributed by atoms with Crippen LogP contribution in [0.4, 0.5) is 0 Å². The summed E-state index contributed by atoms with van der Waals surface area (Å²) in [5, 5.41) is 4.28. The number of aryl methyl sites for hydroxylation is 1. The van der Waals surface area contributed by atoms with Crippen molar-refractivity contribution in [3.8, 4) is 0 Å². The topological polar surface area (TPSA) is 30.3 Å². The molecule has 2 unspecified atom stereocenters. The first kappa shape index (κ1) is 15.0. The van der Waals surface area contributed by atoms with Gasteiger partial charge in [-0.2, -0.15) is 5.10 Å². The maximum atomic E-state index is 6.27. The van der Waals surface area contributed by atoms with Gasteiger partial charge in [0.05, 0.1) is 12.3 Å². The van der Waals surface area contributed by atoms with Crippen molar-refractivity contribution in [2.45, 2.75) is 45.8 Å². The molecular formula is C17H29N3O. The van der Waals surface area contributed by atoms with Gasteiger partial charge in [0.2, 0.25) is 0 Å². The van der Waals surface area contributed by atoms with Gasteiger partial charge in [0.25, 0.3) is 0 Å². The van der Waals surface area contributed by atoms with Crippen molar-refractivity contribution in [2.75, 3.05) is 19.7 Å². The summed E-state index contributed by atoms with van der Waals surface area (Å²) < 4.78 is 8.17. The fraction of sp³-hybridized carbons (Fsp3) is 0.824. The third kappa shape index (κ3) is 3.67. The Morgan fingerprint density at radius 2 is 2.00 bits per heavy atom. The third-order valence-electron chi connectivity index (χ3n) is 4.85. The monoisotopic (exact) mass is 291 g/mol. The fourth-order valence-corrected chi connectivity index (χ4v) is 4.00. The molecule has 2 atom stereocenters. The van der Waals surface area contributed by atoms with Crippen LogP contribution in [0.2, 0.25) is 0 Å². The molecule has 1 saturated heterocycles. The number of aromatic nitrogens is 2. The highest BCUT2D eigenvalue weighted by Crippen LogP contribution is 2.37. The van der Waals surface area contributed by atoms with Crippen molar-refractivity contribution < 1.29 is 4.74 Å². The Kier molecular flexibility index (Phi) is 4.65. The molecule has 1 aliphatic carbocycles. The van der Waals surface area contributed by atoms with Crippen molar-refractivity contribution in [1.29, 1.82) is 0 Å². The summed E-state index contributed by atoms with van der Waals surface area (Å²) in [6, 6.07) is 0. The number of hydrogen-bond acceptors (Lipinski definition) is 3. The van der Waals surface area contributed by atoms with E-state index in [0.29, 0.717) is 12.0 Å². The zero-order chi connectivity index (χ0) is 14.8. The van der Waals surface area contributed by atoms with Crippen molar-refractivity contribution in [1.82, 2.24) is 14.7 Å². The van der Waals surface area contributed by atoms with E-state index >= 15 is 0 Å². The van der Waals surface area contributed by atoms with Gasteiger partial charge in [-0.15, -0.1) is 0 Å². The highest BCUT2D eigenvalue weighted by molar-refractivity contribution is 5.04. The molecule has 0 aromatic carbocycles. The number of hydrogen-bond donors (Lipinski definition) is 0. The molecule has 0 spiro atoms. The van der Waals surface area contributed by atoms with Crippen molar-refractivity contribution in [3.63, 3.8) is 0 Å². The smallest absolute Gasteiger partial charge is 0.0655 e. The number of ether oxygens (including phenoxy) is 1. The predicted octanol–water partition coefficient (Wildman–Crippen LogP) is 2.69. The molecule has 1 aromatic rings. The molecule has 4 heteroatoms. The Labute approximate surface area is 128 Å². The van der Waals surface area contributed by atoms with Crippen LogP contribution in [0.3, 0.4) is 0 Å². The third-order valence-corrected chi connectivity index (χ3v) is 4.85. The van der Waals surface area contributed by atoms with E-state index in [9.17, 15) is 0 Å². The Morgan fingerprint density at radius 1 is 1.29 bits per heavy atom. The van der Waals surface area contributed by atoms with Gasteiger partial charge in [-0.1, -0.05) is 20.3 Å². The summed E-state index contributed by atoms with van der Waals surface area (Å²) >= 11 is 0. The SMILES string of the molecule is CC(C)COC1C2CCCC1CN(Cc1cnn(C)c1)C2. The molecule has 3 rings (SSSR count). The molecule has 0 amide bonds. The van der Waals surface area contributed by atoms with Crippen LogP contribution < -0.4 is 0 Å². The number of likely N-dealkylation sites (tertiary alicyclic amines) is 1. The number of fused-ring (bicyclic) bond motifs is 2. The van der Waals surface area contributed by atoms with Gasteiger partial charge in [0.15, 0.2) is 0 Å². The van der Waals surface area contributed by atoms with Crippen LogP contribution in [0.5, 0.6) is 0 Å². The highest BCUT2D eigenvalue weighted by atomic mass is 16.5. The van der Waals surface area contributed by atoms with Gasteiger partial charge < -0.3 is 4.74 Å². The Balaban J connectivity index is 1.60. The molecule has 2 aliphatic rings. The first-order valence-electron chi connectivity index (χ1n) is 8.43. The van der Waals surface area contributed by atoms with Crippen LogP contribution in [0, 0.1) is 17.8 Å². The molecule has 2 fully saturated rings. The fourth-order valence-electron chi connectivity index (χ4n) is 4.00. The lowest BCUT2D eigenvalue weighted by Crippen LogP contribution is -2.52. The maximum absolute atomic E-state index is 6.27. The first-order chi connectivity index (χ1) is 10.1. The van der Waals surface area contributed by atoms with Gasteiger partial charge >= 0.3 is 0 Å². The summed E-state index contributed by atoms with van der Waals surface area (Å²) in [5.74, 6) is 2.10. The minimum Gasteiger partial charge on any atom is -0.377 e. The van der Waals surface area contributed by atoms with E-state index in [-0.39, 0.29) is 0 Å². The number of piperidine rings is 1. The minimum atomic E-state index is 0.506. The van der Waals surface area contributed by atoms with Gasteiger partial charge in [-0.25, -0.2) is 0 Å². The summed E-state index contributed by atoms with van der Waals surface area (Å²) in [6.07, 6.45) is 8.70. The second kappa shape index (κ2) is 6.49. The van der Waals surface area contributed by atoms with E-state index in [1.807, 2.05) is 17.9 Å². The molecule has 118 valence electrons. The van der Waals surface area contributed by atoms with Crippen molar-refractivity contribution in [3.05, 3.63) is 18.0 Å². The van der Waals surface area contributed by atoms with Crippen molar-refractivity contribution >= 4 is 0 Å². The standard InChI is InChI=1S/C17H29N3O/c1-13(2)12-21-17-15-5-4-6-16(17)11-20(10-15)9-14-7-18-19(3)8-14/h7-8,13,15-17H,4-6,9-12H2,1-3H3. The van der Waals surface area contributed by atoms with Gasteiger partial charge in [0.1, 0.15) is 0 Å². The maximum Gasteiger partial charge on any atom is 0.0655 e. The van der Waals surface area contributed by atoms with Crippen LogP contribution in [-0.2, 0) is 18.3 Å². The van der Waals surface area contributed by atoms with E-state index < -0.39 is 0 Å². The lowest BCUT2D eigenvalue weighted by molar-refractivity contribution is -0.101. The summed E-state index contributed by atoms with van der Waals surface area (Å²) in [5.41, 5.74) is 1.33. The number of rotatable bonds is 5. The molecule has 21 heavy (non-hydrogen) atoms. The van der Waals surface area contributed by atoms with Gasteiger partial charge in [-0.3, -0.25) is 9.58 Å². The summed E-state index contributed by atoms with van der Waals surface area (Å²) in [6.45, 7) is 8.82. The average Bonchev–Trinajstić information content (AvgIpc) is 2.81. The van der Waals surface area contributed by atoms with E-state index in [2.05, 4.69) is 30.0 Å². The first-order valence-corrected chi connectivity index (χ1v) is 8.43. The second-order valence-electron chi connectivity index (χ2n) is 7.36. The zero-order valence-corrected chi connectivity index (χ0v) is 13.7. The largest absolute Gasteiger partial charge is 0.377 e. The molecule has 0 N–H and O–H groups in total. The molecule has 0 radical (unpaired) electrons. The summed E-state index contributed by atoms with van der Waals surface area (Å²) in [7, 11) is 1.99. The Bertz CT molecular complexity index is 443. The predicted molar refractivity (Wildman–Crippen MR) is 83.9 cm³/mol. The minimum absolute atomic E-state index is 0.506. The van der Waals surface area contributed by atoms with E-state index in [1.54, 1.807) is 0 Å². The molecule has 1 aliphatic heterocycles. The van der Waals surface area contributed by atoms with Crippen LogP contribution in [-0.4, -0.2) is 40.5 Å². The molecule has 2 heterocycles. The summed E-state index contributed by atoms with van der Waals surface area (Å²) in [4.78, 5) is 2.61. The van der Waals surface area contributed by atoms with E-state index in [0.717, 1.165) is 25.0 Å². The molecule has 4 nitrogen and oxygen atoms in total.